The van der Waals surface area contributed by atoms with Gasteiger partial charge in [-0.2, -0.15) is 0 Å². The van der Waals surface area contributed by atoms with Gasteiger partial charge in [-0.25, -0.2) is 14.4 Å². The maximum atomic E-state index is 13.3. The third-order valence-electron chi connectivity index (χ3n) is 3.38. The van der Waals surface area contributed by atoms with Crippen molar-refractivity contribution in [2.45, 2.75) is 6.92 Å². The summed E-state index contributed by atoms with van der Waals surface area (Å²) in [6.45, 7) is 2.36. The van der Waals surface area contributed by atoms with E-state index in [1.165, 1.54) is 18.2 Å². The van der Waals surface area contributed by atoms with Gasteiger partial charge in [0, 0.05) is 17.1 Å². The molecule has 0 atom stereocenters. The highest BCUT2D eigenvalue weighted by Crippen LogP contribution is 2.28. The molecule has 1 aromatic heterocycles. The van der Waals surface area contributed by atoms with Crippen molar-refractivity contribution in [1.29, 1.82) is 0 Å². The Morgan fingerprint density at radius 3 is 2.76 bits per heavy atom. The molecule has 1 heterocycles. The fourth-order valence-corrected chi connectivity index (χ4v) is 2.46. The summed E-state index contributed by atoms with van der Waals surface area (Å²) >= 11 is 5.80. The Morgan fingerprint density at radius 2 is 2.08 bits per heavy atom. The molecule has 0 spiro atoms. The van der Waals surface area contributed by atoms with Crippen LogP contribution in [0.25, 0.3) is 10.9 Å². The van der Waals surface area contributed by atoms with Crippen LogP contribution < -0.4 is 15.8 Å². The number of fused-ring (bicyclic) bond motifs is 1. The van der Waals surface area contributed by atoms with E-state index in [1.807, 2.05) is 6.92 Å². The van der Waals surface area contributed by atoms with Crippen molar-refractivity contribution < 1.29 is 13.9 Å². The van der Waals surface area contributed by atoms with E-state index in [-0.39, 0.29) is 10.8 Å². The molecular formula is C17H14ClFN4O2. The summed E-state index contributed by atoms with van der Waals surface area (Å²) in [5.41, 5.74) is 6.32. The Kier molecular flexibility index (Phi) is 4.67. The molecule has 8 heteroatoms. The summed E-state index contributed by atoms with van der Waals surface area (Å²) in [6, 6.07) is 9.38. The molecular weight excluding hydrogens is 347 g/mol. The number of aromatic nitrogens is 2. The third-order valence-corrected chi connectivity index (χ3v) is 3.67. The lowest BCUT2D eigenvalue weighted by molar-refractivity contribution is 0.0991. The van der Waals surface area contributed by atoms with Gasteiger partial charge in [0.05, 0.1) is 17.1 Å². The van der Waals surface area contributed by atoms with Crippen LogP contribution in [0.2, 0.25) is 5.02 Å². The zero-order valence-electron chi connectivity index (χ0n) is 13.2. The highest BCUT2D eigenvalue weighted by molar-refractivity contribution is 6.31. The quantitative estimate of drug-likeness (QED) is 0.724. The van der Waals surface area contributed by atoms with E-state index in [2.05, 4.69) is 15.3 Å². The van der Waals surface area contributed by atoms with Crippen LogP contribution in [0.3, 0.4) is 0 Å². The third kappa shape index (κ3) is 3.61. The van der Waals surface area contributed by atoms with Crippen molar-refractivity contribution in [2.24, 2.45) is 5.73 Å². The van der Waals surface area contributed by atoms with Crippen LogP contribution in [-0.4, -0.2) is 22.5 Å². The van der Waals surface area contributed by atoms with Gasteiger partial charge in [0.1, 0.15) is 17.4 Å². The van der Waals surface area contributed by atoms with Gasteiger partial charge in [-0.3, -0.25) is 4.79 Å². The van der Waals surface area contributed by atoms with Gasteiger partial charge in [0.2, 0.25) is 5.82 Å². The average Bonchev–Trinajstić information content (AvgIpc) is 2.58. The number of halogens is 2. The second kappa shape index (κ2) is 6.90. The van der Waals surface area contributed by atoms with Crippen molar-refractivity contribution in [1.82, 2.24) is 9.97 Å². The maximum Gasteiger partial charge on any atom is 0.286 e. The molecule has 0 bridgehead atoms. The minimum atomic E-state index is -0.760. The number of amides is 1. The van der Waals surface area contributed by atoms with Crippen LogP contribution in [0, 0.1) is 5.82 Å². The first-order chi connectivity index (χ1) is 12.0. The predicted molar refractivity (Wildman–Crippen MR) is 93.9 cm³/mol. The van der Waals surface area contributed by atoms with E-state index in [1.54, 1.807) is 18.2 Å². The molecule has 3 rings (SSSR count). The molecule has 2 aromatic carbocycles. The maximum absolute atomic E-state index is 13.3. The lowest BCUT2D eigenvalue weighted by Gasteiger charge is -2.11. The standard InChI is InChI=1S/C17H14ClFN4O2/c1-2-25-10-4-5-11-14(8-10)22-17(15(20)24)23-16(11)21-9-3-6-13(19)12(18)7-9/h3-8H,2H2,1H3,(H2,20,24)(H,21,22,23). The Labute approximate surface area is 147 Å². The first-order valence-corrected chi connectivity index (χ1v) is 7.82. The van der Waals surface area contributed by atoms with Gasteiger partial charge < -0.3 is 15.8 Å². The number of nitrogens with two attached hydrogens (primary N) is 1. The van der Waals surface area contributed by atoms with Gasteiger partial charge in [0.15, 0.2) is 0 Å². The molecule has 6 nitrogen and oxygen atoms in total. The molecule has 0 aliphatic rings. The predicted octanol–water partition coefficient (Wildman–Crippen LogP) is 3.66. The second-order valence-electron chi connectivity index (χ2n) is 5.13. The second-order valence-corrected chi connectivity index (χ2v) is 5.53. The smallest absolute Gasteiger partial charge is 0.286 e. The number of anilines is 2. The van der Waals surface area contributed by atoms with Crippen LogP contribution >= 0.6 is 11.6 Å². The fraction of sp³-hybridized carbons (Fsp3) is 0.118. The molecule has 3 aromatic rings. The normalized spacial score (nSPS) is 10.7. The molecule has 1 amide bonds. The molecule has 0 saturated carbocycles. The topological polar surface area (TPSA) is 90.1 Å². The summed E-state index contributed by atoms with van der Waals surface area (Å²) in [5.74, 6) is -0.468. The average molecular weight is 361 g/mol. The lowest BCUT2D eigenvalue weighted by atomic mass is 10.2. The fourth-order valence-electron chi connectivity index (χ4n) is 2.28. The number of nitrogens with one attached hydrogen (secondary N) is 1. The highest BCUT2D eigenvalue weighted by Gasteiger charge is 2.13. The van der Waals surface area contributed by atoms with Crippen LogP contribution in [0.15, 0.2) is 36.4 Å². The summed E-state index contributed by atoms with van der Waals surface area (Å²) < 4.78 is 18.8. The van der Waals surface area contributed by atoms with Gasteiger partial charge in [0.25, 0.3) is 5.91 Å². The zero-order valence-corrected chi connectivity index (χ0v) is 14.0. The zero-order chi connectivity index (χ0) is 18.0. The molecule has 0 radical (unpaired) electrons. The van der Waals surface area contributed by atoms with E-state index in [4.69, 9.17) is 22.1 Å². The van der Waals surface area contributed by atoms with Crippen LogP contribution in [0.1, 0.15) is 17.5 Å². The molecule has 0 aliphatic heterocycles. The van der Waals surface area contributed by atoms with Gasteiger partial charge in [-0.1, -0.05) is 11.6 Å². The number of carbonyl (C=O) groups excluding carboxylic acids is 1. The Morgan fingerprint density at radius 1 is 1.28 bits per heavy atom. The Hall–Kier alpha value is -2.93. The minimum Gasteiger partial charge on any atom is -0.494 e. The van der Waals surface area contributed by atoms with E-state index in [9.17, 15) is 9.18 Å². The van der Waals surface area contributed by atoms with E-state index < -0.39 is 11.7 Å². The minimum absolute atomic E-state index is 0.0304. The van der Waals surface area contributed by atoms with Gasteiger partial charge in [-0.05, 0) is 37.3 Å². The number of rotatable bonds is 5. The number of carbonyl (C=O) groups is 1. The van der Waals surface area contributed by atoms with E-state index >= 15 is 0 Å². The van der Waals surface area contributed by atoms with Crippen LogP contribution in [-0.2, 0) is 0 Å². The summed E-state index contributed by atoms with van der Waals surface area (Å²) in [7, 11) is 0. The molecule has 3 N–H and O–H groups in total. The highest BCUT2D eigenvalue weighted by atomic mass is 35.5. The molecule has 0 aliphatic carbocycles. The number of nitrogens with zero attached hydrogens (tertiary/aromatic N) is 2. The van der Waals surface area contributed by atoms with Crippen molar-refractivity contribution in [3.8, 4) is 5.75 Å². The van der Waals surface area contributed by atoms with Crippen molar-refractivity contribution in [3.05, 3.63) is 53.1 Å². The van der Waals surface area contributed by atoms with Crippen molar-refractivity contribution >= 4 is 39.9 Å². The van der Waals surface area contributed by atoms with E-state index in [0.29, 0.717) is 34.8 Å². The monoisotopic (exact) mass is 360 g/mol. The first-order valence-electron chi connectivity index (χ1n) is 7.44. The molecule has 128 valence electrons. The molecule has 0 unspecified atom stereocenters. The largest absolute Gasteiger partial charge is 0.494 e. The summed E-state index contributed by atoms with van der Waals surface area (Å²) in [6.07, 6.45) is 0. The lowest BCUT2D eigenvalue weighted by Crippen LogP contribution is -2.16. The molecule has 0 fully saturated rings. The Bertz CT molecular complexity index is 965. The number of hydrogen-bond donors (Lipinski definition) is 2. The number of primary amides is 1. The first kappa shape index (κ1) is 16.9. The summed E-state index contributed by atoms with van der Waals surface area (Å²) in [5, 5.41) is 3.63. The van der Waals surface area contributed by atoms with Crippen molar-refractivity contribution in [2.75, 3.05) is 11.9 Å². The van der Waals surface area contributed by atoms with Crippen LogP contribution in [0.4, 0.5) is 15.9 Å². The SMILES string of the molecule is CCOc1ccc2c(Nc3ccc(F)c(Cl)c3)nc(C(N)=O)nc2c1. The Balaban J connectivity index is 2.11. The van der Waals surface area contributed by atoms with Crippen molar-refractivity contribution in [3.63, 3.8) is 0 Å². The number of benzene rings is 2. The van der Waals surface area contributed by atoms with Gasteiger partial charge in [-0.15, -0.1) is 0 Å². The summed E-state index contributed by atoms with van der Waals surface area (Å²) in [4.78, 5) is 19.8. The number of ether oxygens (including phenoxy) is 1. The number of hydrogen-bond acceptors (Lipinski definition) is 5. The van der Waals surface area contributed by atoms with Gasteiger partial charge >= 0.3 is 0 Å². The molecule has 25 heavy (non-hydrogen) atoms. The van der Waals surface area contributed by atoms with E-state index in [0.717, 1.165) is 0 Å². The van der Waals surface area contributed by atoms with Crippen LogP contribution in [0.5, 0.6) is 5.75 Å². The molecule has 0 saturated heterocycles.